The number of ketones is 2. The van der Waals surface area contributed by atoms with Crippen molar-refractivity contribution in [3.8, 4) is 0 Å². The summed E-state index contributed by atoms with van der Waals surface area (Å²) >= 11 is 0. The lowest BCUT2D eigenvalue weighted by molar-refractivity contribution is -0.138. The van der Waals surface area contributed by atoms with Crippen LogP contribution >= 0.6 is 0 Å². The van der Waals surface area contributed by atoms with E-state index in [2.05, 4.69) is 6.92 Å². The second-order valence-corrected chi connectivity index (χ2v) is 6.70. The summed E-state index contributed by atoms with van der Waals surface area (Å²) in [7, 11) is 0. The van der Waals surface area contributed by atoms with Crippen molar-refractivity contribution in [2.45, 2.75) is 103 Å². The van der Waals surface area contributed by atoms with Gasteiger partial charge in [-0.15, -0.1) is 0 Å². The second kappa shape index (κ2) is 15.0. The van der Waals surface area contributed by atoms with Gasteiger partial charge < -0.3 is 15.3 Å². The maximum atomic E-state index is 11.8. The van der Waals surface area contributed by atoms with Crippen molar-refractivity contribution >= 4 is 17.5 Å². The van der Waals surface area contributed by atoms with Gasteiger partial charge in [0.25, 0.3) is 0 Å². The molecule has 0 amide bonds. The van der Waals surface area contributed by atoms with Crippen LogP contribution in [0.2, 0.25) is 0 Å². The minimum atomic E-state index is -1.20. The molecule has 6 heteroatoms. The predicted molar refractivity (Wildman–Crippen MR) is 95.4 cm³/mol. The first kappa shape index (κ1) is 23.7. The molecule has 0 aliphatic rings. The van der Waals surface area contributed by atoms with Crippen LogP contribution in [0.15, 0.2) is 0 Å². The monoisotopic (exact) mass is 358 g/mol. The Bertz CT molecular complexity index is 393. The molecule has 146 valence electrons. The lowest BCUT2D eigenvalue weighted by atomic mass is 9.98. The van der Waals surface area contributed by atoms with E-state index in [1.54, 1.807) is 0 Å². The van der Waals surface area contributed by atoms with Gasteiger partial charge in [0.1, 0.15) is 0 Å². The van der Waals surface area contributed by atoms with E-state index in [9.17, 15) is 24.6 Å². The molecule has 3 N–H and O–H groups in total. The number of hydrogen-bond acceptors (Lipinski definition) is 5. The number of carbonyl (C=O) groups is 3. The molecule has 0 bridgehead atoms. The molecule has 0 rings (SSSR count). The summed E-state index contributed by atoms with van der Waals surface area (Å²) in [6, 6.07) is 0. The third-order valence-electron chi connectivity index (χ3n) is 4.30. The van der Waals surface area contributed by atoms with Crippen LogP contribution in [-0.2, 0) is 14.4 Å². The average molecular weight is 358 g/mol. The van der Waals surface area contributed by atoms with Crippen LogP contribution in [0.25, 0.3) is 0 Å². The predicted octanol–water partition coefficient (Wildman–Crippen LogP) is 3.02. The second-order valence-electron chi connectivity index (χ2n) is 6.70. The highest BCUT2D eigenvalue weighted by atomic mass is 16.4. The highest BCUT2D eigenvalue weighted by Gasteiger charge is 2.23. The van der Waals surface area contributed by atoms with Gasteiger partial charge in [-0.2, -0.15) is 0 Å². The molecule has 0 aromatic carbocycles. The fourth-order valence-corrected chi connectivity index (χ4v) is 2.64. The molecule has 0 spiro atoms. The molecule has 0 saturated carbocycles. The minimum Gasteiger partial charge on any atom is -0.481 e. The summed E-state index contributed by atoms with van der Waals surface area (Å²) in [5.41, 5.74) is 0. The van der Waals surface area contributed by atoms with E-state index < -0.39 is 29.7 Å². The van der Waals surface area contributed by atoms with Crippen molar-refractivity contribution < 1.29 is 29.7 Å². The van der Waals surface area contributed by atoms with Gasteiger partial charge in [-0.3, -0.25) is 14.4 Å². The average Bonchev–Trinajstić information content (AvgIpc) is 2.56. The molecule has 0 fully saturated rings. The van der Waals surface area contributed by atoms with Crippen LogP contribution in [-0.4, -0.2) is 45.1 Å². The topological polar surface area (TPSA) is 112 Å². The van der Waals surface area contributed by atoms with Crippen LogP contribution in [0.5, 0.6) is 0 Å². The van der Waals surface area contributed by atoms with Crippen molar-refractivity contribution in [2.75, 3.05) is 0 Å². The summed E-state index contributed by atoms with van der Waals surface area (Å²) in [4.78, 5) is 33.8. The summed E-state index contributed by atoms with van der Waals surface area (Å²) < 4.78 is 0. The Kier molecular flexibility index (Phi) is 14.3. The molecule has 0 aliphatic carbocycles. The quantitative estimate of drug-likeness (QED) is 0.272. The molecule has 0 radical (unpaired) electrons. The lowest BCUT2D eigenvalue weighted by Crippen LogP contribution is -2.30. The number of aliphatic hydroxyl groups excluding tert-OH is 2. The van der Waals surface area contributed by atoms with Gasteiger partial charge in [0.15, 0.2) is 5.78 Å². The molecule has 2 atom stereocenters. The van der Waals surface area contributed by atoms with Gasteiger partial charge in [-0.05, 0) is 19.3 Å². The van der Waals surface area contributed by atoms with Gasteiger partial charge in [0.2, 0.25) is 5.78 Å². The van der Waals surface area contributed by atoms with Crippen LogP contribution in [0.3, 0.4) is 0 Å². The summed E-state index contributed by atoms with van der Waals surface area (Å²) in [5.74, 6) is -1.85. The van der Waals surface area contributed by atoms with Crippen molar-refractivity contribution in [3.63, 3.8) is 0 Å². The van der Waals surface area contributed by atoms with Crippen molar-refractivity contribution in [3.05, 3.63) is 0 Å². The van der Waals surface area contributed by atoms with E-state index in [4.69, 9.17) is 5.11 Å². The smallest absolute Gasteiger partial charge is 0.303 e. The first-order chi connectivity index (χ1) is 11.9. The maximum absolute atomic E-state index is 11.8. The number of carbonyl (C=O) groups excluding carboxylic acids is 2. The number of carboxylic acid groups (broad SMARTS) is 1. The minimum absolute atomic E-state index is 0.177. The number of aliphatic carboxylic acids is 1. The maximum Gasteiger partial charge on any atom is 0.303 e. The fraction of sp³-hybridized carbons (Fsp3) is 0.842. The Labute approximate surface area is 150 Å². The van der Waals surface area contributed by atoms with Crippen LogP contribution in [0.1, 0.15) is 90.4 Å². The molecular weight excluding hydrogens is 324 g/mol. The van der Waals surface area contributed by atoms with E-state index in [1.165, 1.54) is 0 Å². The van der Waals surface area contributed by atoms with Gasteiger partial charge in [0.05, 0.1) is 12.2 Å². The van der Waals surface area contributed by atoms with Crippen LogP contribution < -0.4 is 0 Å². The highest BCUT2D eigenvalue weighted by molar-refractivity contribution is 6.37. The molecule has 2 unspecified atom stereocenters. The summed E-state index contributed by atoms with van der Waals surface area (Å²) in [6.45, 7) is 2.07. The number of unbranched alkanes of at least 4 members (excludes halogenated alkanes) is 7. The summed E-state index contributed by atoms with van der Waals surface area (Å²) in [6.07, 6.45) is 5.88. The third kappa shape index (κ3) is 13.7. The standard InChI is InChI=1S/C19H34O6/c1-2-3-4-8-11-15(20)17(22)14-18(23)16(21)12-9-6-5-7-10-13-19(24)25/h16,18,21,23H,2-14H2,1H3,(H,24,25). The lowest BCUT2D eigenvalue weighted by Gasteiger charge is -2.16. The molecule has 6 nitrogen and oxygen atoms in total. The summed E-state index contributed by atoms with van der Waals surface area (Å²) in [5, 5.41) is 28.3. The van der Waals surface area contributed by atoms with Crippen molar-refractivity contribution in [1.82, 2.24) is 0 Å². The Morgan fingerprint density at radius 1 is 0.720 bits per heavy atom. The van der Waals surface area contributed by atoms with Gasteiger partial charge >= 0.3 is 5.97 Å². The molecule has 0 heterocycles. The van der Waals surface area contributed by atoms with E-state index in [1.807, 2.05) is 0 Å². The molecule has 0 saturated heterocycles. The zero-order valence-electron chi connectivity index (χ0n) is 15.4. The van der Waals surface area contributed by atoms with E-state index in [0.29, 0.717) is 25.7 Å². The SMILES string of the molecule is CCCCCCC(=O)C(=O)CC(O)C(O)CCCCCCCC(=O)O. The van der Waals surface area contributed by atoms with E-state index in [-0.39, 0.29) is 19.3 Å². The number of Topliss-reactive ketones (excluding diaryl/α,β-unsaturated/α-hetero) is 2. The Morgan fingerprint density at radius 2 is 1.28 bits per heavy atom. The fourth-order valence-electron chi connectivity index (χ4n) is 2.64. The van der Waals surface area contributed by atoms with Crippen molar-refractivity contribution in [1.29, 1.82) is 0 Å². The highest BCUT2D eigenvalue weighted by Crippen LogP contribution is 2.13. The number of rotatable bonds is 17. The molecule has 25 heavy (non-hydrogen) atoms. The molecule has 0 aromatic heterocycles. The van der Waals surface area contributed by atoms with Crippen LogP contribution in [0.4, 0.5) is 0 Å². The molecule has 0 aliphatic heterocycles. The zero-order valence-corrected chi connectivity index (χ0v) is 15.4. The number of hydrogen-bond donors (Lipinski definition) is 3. The van der Waals surface area contributed by atoms with Gasteiger partial charge in [-0.1, -0.05) is 51.9 Å². The normalized spacial score (nSPS) is 13.4. The van der Waals surface area contributed by atoms with Gasteiger partial charge in [0, 0.05) is 19.3 Å². The van der Waals surface area contributed by atoms with E-state index >= 15 is 0 Å². The Balaban J connectivity index is 3.78. The first-order valence-electron chi connectivity index (χ1n) is 9.52. The Hall–Kier alpha value is -1.27. The van der Waals surface area contributed by atoms with Crippen molar-refractivity contribution in [2.24, 2.45) is 0 Å². The zero-order chi connectivity index (χ0) is 19.1. The largest absolute Gasteiger partial charge is 0.481 e. The first-order valence-corrected chi connectivity index (χ1v) is 9.52. The third-order valence-corrected chi connectivity index (χ3v) is 4.30. The number of carboxylic acids is 1. The Morgan fingerprint density at radius 3 is 1.92 bits per heavy atom. The van der Waals surface area contributed by atoms with Gasteiger partial charge in [-0.25, -0.2) is 0 Å². The molecule has 0 aromatic rings. The number of aliphatic hydroxyl groups is 2. The molecular formula is C19H34O6. The van der Waals surface area contributed by atoms with Crippen LogP contribution in [0, 0.1) is 0 Å². The van der Waals surface area contributed by atoms with E-state index in [0.717, 1.165) is 38.5 Å².